The molecule has 0 heterocycles. The topological polar surface area (TPSA) is 80.2 Å². The first-order chi connectivity index (χ1) is 5.08. The molecule has 0 aromatic rings. The molecule has 0 atom stereocenters. The summed E-state index contributed by atoms with van der Waals surface area (Å²) in [5.41, 5.74) is 0. The highest BCUT2D eigenvalue weighted by molar-refractivity contribution is 7.96. The molecule has 0 aromatic heterocycles. The fraction of sp³-hybridized carbons (Fsp3) is 0.167. The lowest BCUT2D eigenvalue weighted by Gasteiger charge is -1.94. The summed E-state index contributed by atoms with van der Waals surface area (Å²) in [5.74, 6) is 0.925. The van der Waals surface area contributed by atoms with Gasteiger partial charge in [-0.25, -0.2) is 14.3 Å². The molecule has 0 fully saturated rings. The molecule has 0 N–H and O–H groups in total. The molecule has 0 spiro atoms. The molecule has 0 unspecified atom stereocenters. The molecule has 58 valence electrons. The molecular formula is C6H5N2O2S-. The standard InChI is InChI=1S/C6H5N2O2S/c1-2-3-11(9,10)6(4-7)5-8/h2H,1,3H2/q-1. The molecule has 5 heteroatoms. The second-order valence-electron chi connectivity index (χ2n) is 1.62. The predicted octanol–water partition coefficient (Wildman–Crippen LogP) is 0.234. The Morgan fingerprint density at radius 1 is 1.73 bits per heavy atom. The largest absolute Gasteiger partial charge is 0.762 e. The Kier molecular flexibility index (Phi) is 3.25. The minimum Gasteiger partial charge on any atom is -0.762 e. The molecule has 11 heavy (non-hydrogen) atoms. The molecular weight excluding hydrogens is 164 g/mol. The number of hydrogen-bond acceptors (Lipinski definition) is 3. The van der Waals surface area contributed by atoms with Crippen molar-refractivity contribution in [2.45, 2.75) is 0 Å². The molecule has 0 aromatic carbocycles. The van der Waals surface area contributed by atoms with E-state index in [9.17, 15) is 8.42 Å². The van der Waals surface area contributed by atoms with Gasteiger partial charge in [0.05, 0.1) is 5.75 Å². The Bertz CT molecular complexity index is 341. The number of allylic oxidation sites excluding steroid dienone is 1. The van der Waals surface area contributed by atoms with Crippen LogP contribution in [0.2, 0.25) is 0 Å². The van der Waals surface area contributed by atoms with Crippen LogP contribution in [0.4, 0.5) is 0 Å². The highest BCUT2D eigenvalue weighted by Crippen LogP contribution is 2.01. The average Bonchev–Trinajstić information content (AvgIpc) is 1.89. The first kappa shape index (κ1) is 9.63. The Morgan fingerprint density at radius 2 is 2.27 bits per heavy atom. The molecule has 0 rings (SSSR count). The van der Waals surface area contributed by atoms with Gasteiger partial charge in [-0.15, -0.1) is 6.58 Å². The summed E-state index contributed by atoms with van der Waals surface area (Å²) in [6, 6.07) is 1.30. The molecule has 0 aliphatic heterocycles. The smallest absolute Gasteiger partial charge is 0.197 e. The monoisotopic (exact) mass is 169 g/mol. The molecule has 0 saturated carbocycles. The zero-order valence-electron chi connectivity index (χ0n) is 5.61. The van der Waals surface area contributed by atoms with Gasteiger partial charge >= 0.3 is 0 Å². The Balaban J connectivity index is 5.03. The highest BCUT2D eigenvalue weighted by atomic mass is 32.2. The second-order valence-corrected chi connectivity index (χ2v) is 3.59. The SMILES string of the molecule is C=CCS(=O)(=O)C(=C=[N-])C#N. The molecule has 0 radical (unpaired) electrons. The third kappa shape index (κ3) is 2.38. The molecule has 0 amide bonds. The maximum absolute atomic E-state index is 10.8. The van der Waals surface area contributed by atoms with E-state index in [4.69, 9.17) is 10.7 Å². The van der Waals surface area contributed by atoms with Gasteiger partial charge in [0.15, 0.2) is 14.7 Å². The molecule has 0 aliphatic rings. The van der Waals surface area contributed by atoms with Gasteiger partial charge in [-0.3, -0.25) is 0 Å². The maximum Gasteiger partial charge on any atom is 0.197 e. The lowest BCUT2D eigenvalue weighted by atomic mass is 10.7. The van der Waals surface area contributed by atoms with Gasteiger partial charge in [-0.05, 0) is 0 Å². The summed E-state index contributed by atoms with van der Waals surface area (Å²) in [7, 11) is -3.70. The third-order valence-corrected chi connectivity index (χ3v) is 2.33. The van der Waals surface area contributed by atoms with Gasteiger partial charge in [-0.1, -0.05) is 6.08 Å². The lowest BCUT2D eigenvalue weighted by molar-refractivity contribution is 0.606. The summed E-state index contributed by atoms with van der Waals surface area (Å²) in [6.07, 6.45) is 1.13. The van der Waals surface area contributed by atoms with Crippen molar-refractivity contribution in [3.63, 3.8) is 0 Å². The van der Waals surface area contributed by atoms with Gasteiger partial charge in [0, 0.05) is 0 Å². The van der Waals surface area contributed by atoms with E-state index in [-0.39, 0.29) is 5.75 Å². The Morgan fingerprint density at radius 3 is 2.55 bits per heavy atom. The maximum atomic E-state index is 10.8. The third-order valence-electron chi connectivity index (χ3n) is 0.851. The zero-order chi connectivity index (χ0) is 8.91. The molecule has 0 aliphatic carbocycles. The van der Waals surface area contributed by atoms with Crippen molar-refractivity contribution in [2.24, 2.45) is 0 Å². The molecule has 0 saturated heterocycles. The van der Waals surface area contributed by atoms with Crippen LogP contribution in [0.25, 0.3) is 5.41 Å². The summed E-state index contributed by atoms with van der Waals surface area (Å²) in [6.45, 7) is 3.19. The van der Waals surface area contributed by atoms with Crippen LogP contribution >= 0.6 is 0 Å². The first-order valence-corrected chi connectivity index (χ1v) is 4.24. The number of nitrogens with zero attached hydrogens (tertiary/aromatic N) is 2. The van der Waals surface area contributed by atoms with Crippen LogP contribution in [0.5, 0.6) is 0 Å². The summed E-state index contributed by atoms with van der Waals surface area (Å²) in [4.78, 5) is -0.766. The number of nitriles is 1. The van der Waals surface area contributed by atoms with Gasteiger partial charge in [0.1, 0.15) is 6.07 Å². The van der Waals surface area contributed by atoms with Crippen LogP contribution in [0, 0.1) is 11.3 Å². The summed E-state index contributed by atoms with van der Waals surface area (Å²) < 4.78 is 21.7. The van der Waals surface area contributed by atoms with Crippen LogP contribution in [-0.4, -0.2) is 20.0 Å². The number of rotatable bonds is 3. The van der Waals surface area contributed by atoms with Crippen LogP contribution in [0.15, 0.2) is 17.6 Å². The fourth-order valence-electron chi connectivity index (χ4n) is 0.403. The summed E-state index contributed by atoms with van der Waals surface area (Å²) >= 11 is 0. The minimum atomic E-state index is -3.70. The van der Waals surface area contributed by atoms with E-state index < -0.39 is 14.7 Å². The van der Waals surface area contributed by atoms with Crippen LogP contribution in [0.3, 0.4) is 0 Å². The van der Waals surface area contributed by atoms with Crippen LogP contribution in [-0.2, 0) is 9.84 Å². The highest BCUT2D eigenvalue weighted by Gasteiger charge is 2.12. The van der Waals surface area contributed by atoms with Gasteiger partial charge in [-0.2, -0.15) is 5.26 Å². The fourth-order valence-corrected chi connectivity index (χ4v) is 1.16. The van der Waals surface area contributed by atoms with Crippen molar-refractivity contribution in [3.05, 3.63) is 23.0 Å². The van der Waals surface area contributed by atoms with Crippen molar-refractivity contribution in [2.75, 3.05) is 5.75 Å². The van der Waals surface area contributed by atoms with Gasteiger partial charge in [0.2, 0.25) is 0 Å². The van der Waals surface area contributed by atoms with Crippen molar-refractivity contribution in [3.8, 4) is 6.07 Å². The lowest BCUT2D eigenvalue weighted by Crippen LogP contribution is -2.06. The van der Waals surface area contributed by atoms with Crippen molar-refractivity contribution in [1.29, 1.82) is 5.26 Å². The van der Waals surface area contributed by atoms with E-state index in [0.717, 1.165) is 6.08 Å². The Labute approximate surface area is 64.9 Å². The Hall–Kier alpha value is -1.37. The minimum absolute atomic E-state index is 0.372. The van der Waals surface area contributed by atoms with Crippen molar-refractivity contribution < 1.29 is 8.42 Å². The van der Waals surface area contributed by atoms with Crippen LogP contribution in [0.1, 0.15) is 0 Å². The van der Waals surface area contributed by atoms with Gasteiger partial charge < -0.3 is 5.41 Å². The van der Waals surface area contributed by atoms with E-state index in [1.54, 1.807) is 0 Å². The van der Waals surface area contributed by atoms with Crippen molar-refractivity contribution in [1.82, 2.24) is 0 Å². The van der Waals surface area contributed by atoms with Crippen LogP contribution < -0.4 is 0 Å². The predicted molar refractivity (Wildman–Crippen MR) is 41.5 cm³/mol. The first-order valence-electron chi connectivity index (χ1n) is 2.59. The molecule has 0 bridgehead atoms. The normalized spacial score (nSPS) is 9.36. The molecule has 4 nitrogen and oxygen atoms in total. The van der Waals surface area contributed by atoms with E-state index in [1.807, 2.05) is 0 Å². The number of hydrogen-bond donors (Lipinski definition) is 0. The summed E-state index contributed by atoms with van der Waals surface area (Å²) in [5, 5.41) is 16.3. The average molecular weight is 169 g/mol. The van der Waals surface area contributed by atoms with E-state index in [2.05, 4.69) is 6.58 Å². The van der Waals surface area contributed by atoms with Gasteiger partial charge in [0.25, 0.3) is 0 Å². The van der Waals surface area contributed by atoms with E-state index in [1.165, 1.54) is 11.9 Å². The zero-order valence-corrected chi connectivity index (χ0v) is 6.43. The number of sulfone groups is 1. The second kappa shape index (κ2) is 3.71. The van der Waals surface area contributed by atoms with Crippen molar-refractivity contribution >= 4 is 15.7 Å². The van der Waals surface area contributed by atoms with E-state index >= 15 is 0 Å². The van der Waals surface area contributed by atoms with E-state index in [0.29, 0.717) is 0 Å². The quantitative estimate of drug-likeness (QED) is 0.344.